The lowest BCUT2D eigenvalue weighted by Gasteiger charge is -2.11. The quantitative estimate of drug-likeness (QED) is 0.620. The zero-order chi connectivity index (χ0) is 14.4. The van der Waals surface area contributed by atoms with E-state index in [-0.39, 0.29) is 0 Å². The van der Waals surface area contributed by atoms with Crippen molar-refractivity contribution >= 4 is 17.1 Å². The van der Waals surface area contributed by atoms with Crippen molar-refractivity contribution in [3.8, 4) is 0 Å². The van der Waals surface area contributed by atoms with Gasteiger partial charge in [0.15, 0.2) is 0 Å². The SMILES string of the molecule is CCCCc1cc(C=O)cc2c(CCCC)cccc12. The Morgan fingerprint density at radius 2 is 1.60 bits per heavy atom. The van der Waals surface area contributed by atoms with Gasteiger partial charge in [0, 0.05) is 5.56 Å². The molecule has 0 spiro atoms. The van der Waals surface area contributed by atoms with E-state index in [0.29, 0.717) is 0 Å². The normalized spacial score (nSPS) is 10.9. The van der Waals surface area contributed by atoms with Crippen molar-refractivity contribution in [1.29, 1.82) is 0 Å². The summed E-state index contributed by atoms with van der Waals surface area (Å²) < 4.78 is 0. The Kier molecular flexibility index (Phi) is 5.34. The van der Waals surface area contributed by atoms with Crippen LogP contribution in [0, 0.1) is 0 Å². The van der Waals surface area contributed by atoms with Crippen LogP contribution in [0.1, 0.15) is 61.0 Å². The summed E-state index contributed by atoms with van der Waals surface area (Å²) in [6.45, 7) is 4.42. The van der Waals surface area contributed by atoms with Gasteiger partial charge in [0.05, 0.1) is 0 Å². The van der Waals surface area contributed by atoms with Gasteiger partial charge < -0.3 is 0 Å². The summed E-state index contributed by atoms with van der Waals surface area (Å²) in [4.78, 5) is 11.2. The third kappa shape index (κ3) is 3.27. The van der Waals surface area contributed by atoms with E-state index in [0.717, 1.165) is 24.7 Å². The first-order valence-corrected chi connectivity index (χ1v) is 7.79. The topological polar surface area (TPSA) is 17.1 Å². The maximum atomic E-state index is 11.2. The highest BCUT2D eigenvalue weighted by molar-refractivity contribution is 5.93. The van der Waals surface area contributed by atoms with Gasteiger partial charge >= 0.3 is 0 Å². The fourth-order valence-electron chi connectivity index (χ4n) is 2.78. The molecule has 0 unspecified atom stereocenters. The second kappa shape index (κ2) is 7.23. The summed E-state index contributed by atoms with van der Waals surface area (Å²) in [6, 6.07) is 10.7. The zero-order valence-corrected chi connectivity index (χ0v) is 12.6. The Balaban J connectivity index is 2.52. The van der Waals surface area contributed by atoms with Crippen molar-refractivity contribution < 1.29 is 4.79 Å². The maximum absolute atomic E-state index is 11.2. The van der Waals surface area contributed by atoms with Crippen LogP contribution in [0.5, 0.6) is 0 Å². The van der Waals surface area contributed by atoms with Crippen LogP contribution >= 0.6 is 0 Å². The molecule has 0 aromatic heterocycles. The zero-order valence-electron chi connectivity index (χ0n) is 12.6. The number of fused-ring (bicyclic) bond motifs is 1. The molecule has 0 amide bonds. The molecular formula is C19H24O. The fourth-order valence-corrected chi connectivity index (χ4v) is 2.78. The Bertz CT molecular complexity index is 584. The van der Waals surface area contributed by atoms with Crippen LogP contribution in [0.25, 0.3) is 10.8 Å². The molecule has 0 saturated carbocycles. The number of aldehydes is 1. The molecule has 1 heteroatoms. The number of benzene rings is 2. The van der Waals surface area contributed by atoms with Crippen LogP contribution in [0.4, 0.5) is 0 Å². The molecular weight excluding hydrogens is 244 g/mol. The standard InChI is InChI=1S/C19H24O/c1-3-5-8-16-10-7-11-18-17(9-6-4-2)12-15(14-20)13-19(16)18/h7,10-14H,3-6,8-9H2,1-2H3. The van der Waals surface area contributed by atoms with Crippen molar-refractivity contribution in [1.82, 2.24) is 0 Å². The smallest absolute Gasteiger partial charge is 0.150 e. The number of carbonyl (C=O) groups excluding carboxylic acids is 1. The van der Waals surface area contributed by atoms with Crippen molar-refractivity contribution in [3.63, 3.8) is 0 Å². The summed E-state index contributed by atoms with van der Waals surface area (Å²) in [6.07, 6.45) is 7.90. The molecule has 2 aromatic carbocycles. The highest BCUT2D eigenvalue weighted by Crippen LogP contribution is 2.26. The second-order valence-corrected chi connectivity index (χ2v) is 5.52. The average Bonchev–Trinajstić information content (AvgIpc) is 2.50. The van der Waals surface area contributed by atoms with Crippen LogP contribution in [0.2, 0.25) is 0 Å². The number of rotatable bonds is 7. The minimum atomic E-state index is 0.813. The van der Waals surface area contributed by atoms with Crippen molar-refractivity contribution in [2.24, 2.45) is 0 Å². The number of unbranched alkanes of at least 4 members (excludes halogenated alkanes) is 2. The van der Waals surface area contributed by atoms with E-state index in [4.69, 9.17) is 0 Å². The van der Waals surface area contributed by atoms with Gasteiger partial charge in [0.1, 0.15) is 6.29 Å². The molecule has 106 valence electrons. The lowest BCUT2D eigenvalue weighted by molar-refractivity contribution is 0.112. The van der Waals surface area contributed by atoms with Gasteiger partial charge in [0.25, 0.3) is 0 Å². The molecule has 2 aromatic rings. The number of carbonyl (C=O) groups is 1. The number of aryl methyl sites for hydroxylation is 2. The average molecular weight is 268 g/mol. The first-order chi connectivity index (χ1) is 9.80. The van der Waals surface area contributed by atoms with Crippen molar-refractivity contribution in [2.45, 2.75) is 52.4 Å². The molecule has 2 rings (SSSR count). The summed E-state index contributed by atoms with van der Waals surface area (Å²) in [5, 5.41) is 2.61. The predicted octanol–water partition coefficient (Wildman–Crippen LogP) is 5.34. The lowest BCUT2D eigenvalue weighted by atomic mass is 9.93. The molecule has 1 nitrogen and oxygen atoms in total. The van der Waals surface area contributed by atoms with Crippen LogP contribution in [0.3, 0.4) is 0 Å². The molecule has 20 heavy (non-hydrogen) atoms. The molecule has 0 saturated heterocycles. The summed E-state index contributed by atoms with van der Waals surface area (Å²) in [5.74, 6) is 0. The van der Waals surface area contributed by atoms with Gasteiger partial charge in [-0.05, 0) is 59.7 Å². The Labute approximate surface area is 122 Å². The molecule has 0 aliphatic carbocycles. The van der Waals surface area contributed by atoms with E-state index in [1.165, 1.54) is 47.6 Å². The highest BCUT2D eigenvalue weighted by Gasteiger charge is 2.07. The van der Waals surface area contributed by atoms with Crippen molar-refractivity contribution in [3.05, 3.63) is 47.0 Å². The van der Waals surface area contributed by atoms with E-state index in [1.807, 2.05) is 0 Å². The highest BCUT2D eigenvalue weighted by atomic mass is 16.1. The first-order valence-electron chi connectivity index (χ1n) is 7.79. The van der Waals surface area contributed by atoms with Crippen LogP contribution in [-0.2, 0) is 12.8 Å². The number of hydrogen-bond acceptors (Lipinski definition) is 1. The predicted molar refractivity (Wildman–Crippen MR) is 86.6 cm³/mol. The summed E-state index contributed by atoms with van der Waals surface area (Å²) >= 11 is 0. The van der Waals surface area contributed by atoms with Gasteiger partial charge in [-0.25, -0.2) is 0 Å². The van der Waals surface area contributed by atoms with Crippen LogP contribution in [-0.4, -0.2) is 6.29 Å². The number of hydrogen-bond donors (Lipinski definition) is 0. The summed E-state index contributed by atoms with van der Waals surface area (Å²) in [7, 11) is 0. The molecule has 0 radical (unpaired) electrons. The molecule has 0 aliphatic rings. The Morgan fingerprint density at radius 3 is 2.25 bits per heavy atom. The van der Waals surface area contributed by atoms with Gasteiger partial charge in [-0.15, -0.1) is 0 Å². The molecule has 0 atom stereocenters. The molecule has 0 heterocycles. The Morgan fingerprint density at radius 1 is 0.900 bits per heavy atom. The Hall–Kier alpha value is -1.63. The second-order valence-electron chi connectivity index (χ2n) is 5.52. The molecule has 0 aliphatic heterocycles. The van der Waals surface area contributed by atoms with E-state index >= 15 is 0 Å². The maximum Gasteiger partial charge on any atom is 0.150 e. The van der Waals surface area contributed by atoms with Gasteiger partial charge in [-0.3, -0.25) is 4.79 Å². The minimum absolute atomic E-state index is 0.813. The van der Waals surface area contributed by atoms with Gasteiger partial charge in [-0.1, -0.05) is 44.9 Å². The largest absolute Gasteiger partial charge is 0.298 e. The van der Waals surface area contributed by atoms with E-state index < -0.39 is 0 Å². The first kappa shape index (κ1) is 14.8. The third-order valence-corrected chi connectivity index (χ3v) is 3.93. The minimum Gasteiger partial charge on any atom is -0.298 e. The van der Waals surface area contributed by atoms with Crippen LogP contribution in [0.15, 0.2) is 30.3 Å². The van der Waals surface area contributed by atoms with Crippen LogP contribution < -0.4 is 0 Å². The van der Waals surface area contributed by atoms with Gasteiger partial charge in [-0.2, -0.15) is 0 Å². The van der Waals surface area contributed by atoms with E-state index in [2.05, 4.69) is 44.2 Å². The molecule has 0 bridgehead atoms. The summed E-state index contributed by atoms with van der Waals surface area (Å²) in [5.41, 5.74) is 3.52. The van der Waals surface area contributed by atoms with Gasteiger partial charge in [0.2, 0.25) is 0 Å². The molecule has 0 fully saturated rings. The fraction of sp³-hybridized carbons (Fsp3) is 0.421. The molecule has 0 N–H and O–H groups in total. The third-order valence-electron chi connectivity index (χ3n) is 3.93. The lowest BCUT2D eigenvalue weighted by Crippen LogP contribution is -1.95. The monoisotopic (exact) mass is 268 g/mol. The van der Waals surface area contributed by atoms with E-state index in [9.17, 15) is 4.79 Å². The van der Waals surface area contributed by atoms with E-state index in [1.54, 1.807) is 0 Å². The van der Waals surface area contributed by atoms with Crippen molar-refractivity contribution in [2.75, 3.05) is 0 Å².